The van der Waals surface area contributed by atoms with Crippen molar-refractivity contribution >= 4 is 17.6 Å². The van der Waals surface area contributed by atoms with Crippen LogP contribution < -0.4 is 4.90 Å². The van der Waals surface area contributed by atoms with Gasteiger partial charge in [-0.05, 0) is 52.0 Å². The molecule has 0 saturated heterocycles. The van der Waals surface area contributed by atoms with Gasteiger partial charge in [-0.1, -0.05) is 49.6 Å². The number of rotatable bonds is 9. The highest BCUT2D eigenvalue weighted by Gasteiger charge is 2.39. The summed E-state index contributed by atoms with van der Waals surface area (Å²) >= 11 is 0. The highest BCUT2D eigenvalue weighted by Crippen LogP contribution is 2.38. The minimum atomic E-state index is -0.543. The summed E-state index contributed by atoms with van der Waals surface area (Å²) in [6.07, 6.45) is 8.72. The van der Waals surface area contributed by atoms with Crippen molar-refractivity contribution in [3.63, 3.8) is 0 Å². The quantitative estimate of drug-likeness (QED) is 0.393. The van der Waals surface area contributed by atoms with Crippen LogP contribution in [0.2, 0.25) is 0 Å². The second-order valence-corrected chi connectivity index (χ2v) is 6.73. The lowest BCUT2D eigenvalue weighted by molar-refractivity contribution is -0.139. The van der Waals surface area contributed by atoms with E-state index in [4.69, 9.17) is 9.47 Å². The largest absolute Gasteiger partial charge is 0.461 e. The van der Waals surface area contributed by atoms with Crippen LogP contribution >= 0.6 is 0 Å². The molecular weight excluding hydrogens is 404 g/mol. The first kappa shape index (κ1) is 24.5. The zero-order chi connectivity index (χ0) is 23.7. The topological polar surface area (TPSA) is 59.1 Å². The molecule has 32 heavy (non-hydrogen) atoms. The summed E-state index contributed by atoms with van der Waals surface area (Å²) in [5, 5.41) is 0. The molecule has 0 saturated carbocycles. The van der Waals surface area contributed by atoms with E-state index in [0.29, 0.717) is 22.8 Å². The zero-order valence-electron chi connectivity index (χ0n) is 19.1. The lowest BCUT2D eigenvalue weighted by Crippen LogP contribution is -2.42. The van der Waals surface area contributed by atoms with Crippen molar-refractivity contribution in [1.82, 2.24) is 4.90 Å². The first-order chi connectivity index (χ1) is 15.4. The van der Waals surface area contributed by atoms with Crippen molar-refractivity contribution in [1.29, 1.82) is 0 Å². The van der Waals surface area contributed by atoms with Gasteiger partial charge in [0.2, 0.25) is 0 Å². The first-order valence-electron chi connectivity index (χ1n) is 10.5. The Kier molecular flexibility index (Phi) is 8.83. The van der Waals surface area contributed by atoms with Crippen LogP contribution in [0, 0.1) is 0 Å². The third-order valence-corrected chi connectivity index (χ3v) is 4.74. The van der Waals surface area contributed by atoms with Crippen molar-refractivity contribution in [2.75, 3.05) is 18.1 Å². The maximum atomic E-state index is 13.1. The summed E-state index contributed by atoms with van der Waals surface area (Å²) in [7, 11) is 0. The van der Waals surface area contributed by atoms with E-state index >= 15 is 0 Å². The zero-order valence-corrected chi connectivity index (χ0v) is 19.1. The van der Waals surface area contributed by atoms with Crippen molar-refractivity contribution in [3.8, 4) is 0 Å². The molecule has 1 aliphatic heterocycles. The maximum Gasteiger partial charge on any atom is 0.357 e. The summed E-state index contributed by atoms with van der Waals surface area (Å²) in [5.74, 6) is -1.09. The lowest BCUT2D eigenvalue weighted by Gasteiger charge is -2.40. The lowest BCUT2D eigenvalue weighted by atomic mass is 10.1. The molecule has 2 rings (SSSR count). The Labute approximate surface area is 190 Å². The van der Waals surface area contributed by atoms with E-state index in [1.54, 1.807) is 41.9 Å². The molecular formula is C26H30N2O4. The molecule has 6 nitrogen and oxygen atoms in total. The Hall–Kier alpha value is -3.80. The molecule has 0 fully saturated rings. The fraction of sp³-hybridized carbons (Fsp3) is 0.231. The molecule has 0 radical (unpaired) electrons. The minimum Gasteiger partial charge on any atom is -0.461 e. The van der Waals surface area contributed by atoms with Crippen LogP contribution in [0.3, 0.4) is 0 Å². The fourth-order valence-corrected chi connectivity index (χ4v) is 3.46. The molecule has 168 valence electrons. The van der Waals surface area contributed by atoms with Gasteiger partial charge in [0.25, 0.3) is 0 Å². The SMILES string of the molecule is C=C/C=C\C=C(/C=C)N1C(C)=C(C(=O)OCC)N(c2ccccc2)C(C(=O)OCC)=C1C. The highest BCUT2D eigenvalue weighted by atomic mass is 16.5. The van der Waals surface area contributed by atoms with E-state index in [2.05, 4.69) is 13.2 Å². The Balaban J connectivity index is 2.87. The molecule has 1 aromatic carbocycles. The number of allylic oxidation sites excluding steroid dienone is 7. The fourth-order valence-electron chi connectivity index (χ4n) is 3.46. The number of hydrogen-bond donors (Lipinski definition) is 0. The highest BCUT2D eigenvalue weighted by molar-refractivity contribution is 6.03. The van der Waals surface area contributed by atoms with Gasteiger partial charge in [-0.3, -0.25) is 4.90 Å². The predicted octanol–water partition coefficient (Wildman–Crippen LogP) is 5.21. The second kappa shape index (κ2) is 11.6. The summed E-state index contributed by atoms with van der Waals surface area (Å²) in [6.45, 7) is 15.1. The monoisotopic (exact) mass is 434 g/mol. The van der Waals surface area contributed by atoms with Gasteiger partial charge >= 0.3 is 11.9 Å². The Morgan fingerprint density at radius 3 is 1.88 bits per heavy atom. The van der Waals surface area contributed by atoms with Gasteiger partial charge in [-0.15, -0.1) is 0 Å². The van der Waals surface area contributed by atoms with Crippen molar-refractivity contribution in [2.45, 2.75) is 27.7 Å². The molecule has 0 bridgehead atoms. The van der Waals surface area contributed by atoms with E-state index in [-0.39, 0.29) is 24.6 Å². The van der Waals surface area contributed by atoms with Gasteiger partial charge in [0.1, 0.15) is 0 Å². The van der Waals surface area contributed by atoms with E-state index in [1.165, 1.54) is 0 Å². The van der Waals surface area contributed by atoms with Crippen molar-refractivity contribution in [3.05, 3.63) is 102 Å². The van der Waals surface area contributed by atoms with E-state index in [9.17, 15) is 9.59 Å². The average molecular weight is 435 g/mol. The molecule has 0 amide bonds. The summed E-state index contributed by atoms with van der Waals surface area (Å²) in [6, 6.07) is 9.20. The molecule has 6 heteroatoms. The van der Waals surface area contributed by atoms with Crippen molar-refractivity contribution in [2.24, 2.45) is 0 Å². The van der Waals surface area contributed by atoms with Gasteiger partial charge in [0.15, 0.2) is 11.4 Å². The van der Waals surface area contributed by atoms with Gasteiger partial charge in [0.05, 0.1) is 24.6 Å². The molecule has 1 aliphatic rings. The second-order valence-electron chi connectivity index (χ2n) is 6.73. The molecule has 0 N–H and O–H groups in total. The Morgan fingerprint density at radius 1 is 0.906 bits per heavy atom. The molecule has 0 spiro atoms. The maximum absolute atomic E-state index is 13.1. The van der Waals surface area contributed by atoms with E-state index < -0.39 is 11.9 Å². The number of para-hydroxylation sites is 1. The molecule has 1 heterocycles. The summed E-state index contributed by atoms with van der Waals surface area (Å²) < 4.78 is 10.7. The molecule has 0 unspecified atom stereocenters. The van der Waals surface area contributed by atoms with E-state index in [0.717, 1.165) is 0 Å². The number of hydrogen-bond acceptors (Lipinski definition) is 6. The number of nitrogens with zero attached hydrogens (tertiary/aromatic N) is 2. The van der Waals surface area contributed by atoms with Crippen LogP contribution in [0.4, 0.5) is 5.69 Å². The van der Waals surface area contributed by atoms with Gasteiger partial charge in [-0.2, -0.15) is 0 Å². The normalized spacial score (nSPS) is 14.7. The van der Waals surface area contributed by atoms with Crippen LogP contribution in [-0.2, 0) is 19.1 Å². The van der Waals surface area contributed by atoms with Gasteiger partial charge in [-0.25, -0.2) is 9.59 Å². The van der Waals surface area contributed by atoms with Crippen LogP contribution in [0.15, 0.2) is 102 Å². The number of carbonyl (C=O) groups is 2. The van der Waals surface area contributed by atoms with Crippen LogP contribution in [0.5, 0.6) is 0 Å². The standard InChI is InChI=1S/C26H30N2O4/c1-7-11-13-16-21(8-2)27-19(5)23(25(29)31-9-3)28(22-17-14-12-15-18-22)24(20(27)6)26(30)32-10-4/h7-8,11-18H,1-2,9-10H2,3-6H3/b13-11-,21-16+. The molecule has 1 aromatic rings. The molecule has 0 atom stereocenters. The van der Waals surface area contributed by atoms with Gasteiger partial charge in [0, 0.05) is 11.4 Å². The number of anilines is 1. The van der Waals surface area contributed by atoms with Crippen LogP contribution in [0.1, 0.15) is 27.7 Å². The Morgan fingerprint density at radius 2 is 1.44 bits per heavy atom. The molecule has 0 aliphatic carbocycles. The molecule has 0 aromatic heterocycles. The third kappa shape index (κ3) is 5.09. The number of carbonyl (C=O) groups excluding carboxylic acids is 2. The van der Waals surface area contributed by atoms with Gasteiger partial charge < -0.3 is 14.4 Å². The third-order valence-electron chi connectivity index (χ3n) is 4.74. The smallest absolute Gasteiger partial charge is 0.357 e. The number of ether oxygens (including phenoxy) is 2. The van der Waals surface area contributed by atoms with Crippen molar-refractivity contribution < 1.29 is 19.1 Å². The first-order valence-corrected chi connectivity index (χ1v) is 10.5. The Bertz CT molecular complexity index is 958. The number of benzene rings is 1. The number of esters is 2. The van der Waals surface area contributed by atoms with E-state index in [1.807, 2.05) is 56.3 Å². The summed E-state index contributed by atoms with van der Waals surface area (Å²) in [4.78, 5) is 29.7. The average Bonchev–Trinajstić information content (AvgIpc) is 2.78. The minimum absolute atomic E-state index is 0.196. The summed E-state index contributed by atoms with van der Waals surface area (Å²) in [5.41, 5.74) is 2.97. The van der Waals surface area contributed by atoms with Crippen LogP contribution in [-0.4, -0.2) is 30.1 Å². The van der Waals surface area contributed by atoms with Crippen LogP contribution in [0.25, 0.3) is 0 Å². The predicted molar refractivity (Wildman–Crippen MR) is 127 cm³/mol.